The van der Waals surface area contributed by atoms with Crippen LogP contribution in [0, 0.1) is 25.5 Å². The summed E-state index contributed by atoms with van der Waals surface area (Å²) in [4.78, 5) is 8.61. The molecule has 1 aromatic carbocycles. The van der Waals surface area contributed by atoms with E-state index in [0.717, 1.165) is 17.5 Å². The van der Waals surface area contributed by atoms with E-state index in [1.54, 1.807) is 17.1 Å². The number of nitrogens with one attached hydrogen (secondary N) is 1. The Kier molecular flexibility index (Phi) is 4.50. The molecule has 0 aliphatic heterocycles. The van der Waals surface area contributed by atoms with Gasteiger partial charge in [0, 0.05) is 18.3 Å². The molecule has 0 unspecified atom stereocenters. The summed E-state index contributed by atoms with van der Waals surface area (Å²) in [7, 11) is 0. The van der Waals surface area contributed by atoms with Crippen LogP contribution in [0.5, 0.6) is 0 Å². The van der Waals surface area contributed by atoms with Gasteiger partial charge in [-0.2, -0.15) is 5.10 Å². The Bertz CT molecular complexity index is 860. The number of aromatic nitrogens is 4. The fraction of sp³-hybridized carbons (Fsp3) is 0.235. The highest BCUT2D eigenvalue weighted by atomic mass is 19.1. The summed E-state index contributed by atoms with van der Waals surface area (Å²) in [5, 5.41) is 7.47. The minimum atomic E-state index is -0.576. The van der Waals surface area contributed by atoms with Crippen molar-refractivity contribution in [2.24, 2.45) is 0 Å². The van der Waals surface area contributed by atoms with Crippen LogP contribution in [-0.2, 0) is 6.42 Å². The van der Waals surface area contributed by atoms with Crippen molar-refractivity contribution in [1.82, 2.24) is 19.7 Å². The standard InChI is InChI=1S/C17H17F2N5/c1-11-7-12(2)24(23-11)17-10-20-9-16(22-17)21-6-5-13-3-4-14(18)8-15(13)19/h3-4,7-10H,5-6H2,1-2H3,(H,21,22). The molecule has 1 N–H and O–H groups in total. The van der Waals surface area contributed by atoms with Crippen molar-refractivity contribution in [2.75, 3.05) is 11.9 Å². The van der Waals surface area contributed by atoms with E-state index < -0.39 is 11.6 Å². The molecular formula is C17H17F2N5. The molecule has 0 saturated heterocycles. The molecule has 0 bridgehead atoms. The Morgan fingerprint density at radius 3 is 2.67 bits per heavy atom. The largest absolute Gasteiger partial charge is 0.368 e. The monoisotopic (exact) mass is 329 g/mol. The summed E-state index contributed by atoms with van der Waals surface area (Å²) in [6, 6.07) is 5.55. The average molecular weight is 329 g/mol. The van der Waals surface area contributed by atoms with E-state index in [0.29, 0.717) is 30.2 Å². The zero-order chi connectivity index (χ0) is 17.1. The summed E-state index contributed by atoms with van der Waals surface area (Å²) in [6.45, 7) is 4.31. The second-order valence-corrected chi connectivity index (χ2v) is 5.51. The van der Waals surface area contributed by atoms with Crippen LogP contribution < -0.4 is 5.32 Å². The SMILES string of the molecule is Cc1cc(C)n(-c2cncc(NCCc3ccc(F)cc3F)n2)n1. The lowest BCUT2D eigenvalue weighted by molar-refractivity contribution is 0.572. The van der Waals surface area contributed by atoms with E-state index in [1.165, 1.54) is 12.1 Å². The van der Waals surface area contributed by atoms with Gasteiger partial charge in [0.1, 0.15) is 17.5 Å². The van der Waals surface area contributed by atoms with E-state index >= 15 is 0 Å². The Morgan fingerprint density at radius 1 is 1.12 bits per heavy atom. The van der Waals surface area contributed by atoms with E-state index in [2.05, 4.69) is 20.4 Å². The Morgan fingerprint density at radius 2 is 1.96 bits per heavy atom. The molecule has 0 amide bonds. The number of rotatable bonds is 5. The average Bonchev–Trinajstić information content (AvgIpc) is 2.88. The van der Waals surface area contributed by atoms with Gasteiger partial charge in [-0.1, -0.05) is 6.07 Å². The zero-order valence-electron chi connectivity index (χ0n) is 13.4. The predicted molar refractivity (Wildman–Crippen MR) is 87.2 cm³/mol. The molecule has 124 valence electrons. The van der Waals surface area contributed by atoms with Gasteiger partial charge in [-0.25, -0.2) is 18.4 Å². The lowest BCUT2D eigenvalue weighted by atomic mass is 10.1. The van der Waals surface area contributed by atoms with E-state index in [9.17, 15) is 8.78 Å². The van der Waals surface area contributed by atoms with Crippen LogP contribution >= 0.6 is 0 Å². The number of anilines is 1. The molecule has 0 spiro atoms. The number of hydrogen-bond donors (Lipinski definition) is 1. The van der Waals surface area contributed by atoms with E-state index in [-0.39, 0.29) is 0 Å². The smallest absolute Gasteiger partial charge is 0.174 e. The first-order valence-electron chi connectivity index (χ1n) is 7.56. The molecule has 0 fully saturated rings. The van der Waals surface area contributed by atoms with Crippen molar-refractivity contribution in [1.29, 1.82) is 0 Å². The maximum atomic E-state index is 13.6. The quantitative estimate of drug-likeness (QED) is 0.781. The third kappa shape index (κ3) is 3.56. The van der Waals surface area contributed by atoms with Gasteiger partial charge in [0.25, 0.3) is 0 Å². The van der Waals surface area contributed by atoms with E-state index in [1.807, 2.05) is 19.9 Å². The van der Waals surface area contributed by atoms with Gasteiger partial charge in [0.15, 0.2) is 5.82 Å². The first kappa shape index (κ1) is 16.0. The molecule has 3 rings (SSSR count). The zero-order valence-corrected chi connectivity index (χ0v) is 13.4. The number of halogens is 2. The van der Waals surface area contributed by atoms with Gasteiger partial charge in [0.2, 0.25) is 0 Å². The van der Waals surface area contributed by atoms with Crippen molar-refractivity contribution >= 4 is 5.82 Å². The summed E-state index contributed by atoms with van der Waals surface area (Å²) in [5.74, 6) is 0.0630. The molecule has 0 aliphatic rings. The van der Waals surface area contributed by atoms with Gasteiger partial charge in [-0.3, -0.25) is 4.98 Å². The van der Waals surface area contributed by atoms with Crippen LogP contribution in [0.25, 0.3) is 5.82 Å². The predicted octanol–water partition coefficient (Wildman–Crippen LogP) is 3.21. The third-order valence-electron chi connectivity index (χ3n) is 3.56. The minimum absolute atomic E-state index is 0.415. The van der Waals surface area contributed by atoms with Gasteiger partial charge >= 0.3 is 0 Å². The van der Waals surface area contributed by atoms with Gasteiger partial charge in [-0.05, 0) is 38.0 Å². The highest BCUT2D eigenvalue weighted by molar-refractivity contribution is 5.37. The van der Waals surface area contributed by atoms with Crippen LogP contribution in [-0.4, -0.2) is 26.3 Å². The van der Waals surface area contributed by atoms with Crippen molar-refractivity contribution < 1.29 is 8.78 Å². The highest BCUT2D eigenvalue weighted by Crippen LogP contribution is 2.13. The molecule has 0 saturated carbocycles. The summed E-state index contributed by atoms with van der Waals surface area (Å²) < 4.78 is 28.2. The topological polar surface area (TPSA) is 55.6 Å². The number of aryl methyl sites for hydroxylation is 2. The first-order valence-corrected chi connectivity index (χ1v) is 7.56. The van der Waals surface area contributed by atoms with E-state index in [4.69, 9.17) is 0 Å². The maximum absolute atomic E-state index is 13.6. The lowest BCUT2D eigenvalue weighted by Crippen LogP contribution is -2.10. The highest BCUT2D eigenvalue weighted by Gasteiger charge is 2.07. The Labute approximate surface area is 138 Å². The molecule has 0 radical (unpaired) electrons. The fourth-order valence-corrected chi connectivity index (χ4v) is 2.45. The molecule has 3 aromatic rings. The fourth-order valence-electron chi connectivity index (χ4n) is 2.45. The second kappa shape index (κ2) is 6.74. The minimum Gasteiger partial charge on any atom is -0.368 e. The number of benzene rings is 1. The van der Waals surface area contributed by atoms with Crippen LogP contribution in [0.3, 0.4) is 0 Å². The molecular weight excluding hydrogens is 312 g/mol. The van der Waals surface area contributed by atoms with Crippen LogP contribution in [0.2, 0.25) is 0 Å². The van der Waals surface area contributed by atoms with Gasteiger partial charge in [-0.15, -0.1) is 0 Å². The maximum Gasteiger partial charge on any atom is 0.174 e. The third-order valence-corrected chi connectivity index (χ3v) is 3.56. The normalized spacial score (nSPS) is 10.8. The van der Waals surface area contributed by atoms with Gasteiger partial charge < -0.3 is 5.32 Å². The number of hydrogen-bond acceptors (Lipinski definition) is 4. The molecule has 2 aromatic heterocycles. The second-order valence-electron chi connectivity index (χ2n) is 5.51. The van der Waals surface area contributed by atoms with Crippen LogP contribution in [0.15, 0.2) is 36.7 Å². The Balaban J connectivity index is 1.68. The van der Waals surface area contributed by atoms with Crippen LogP contribution in [0.4, 0.5) is 14.6 Å². The summed E-state index contributed by atoms with van der Waals surface area (Å²) >= 11 is 0. The van der Waals surface area contributed by atoms with Gasteiger partial charge in [0.05, 0.1) is 18.1 Å². The summed E-state index contributed by atoms with van der Waals surface area (Å²) in [5.41, 5.74) is 2.32. The molecule has 2 heterocycles. The number of nitrogens with zero attached hydrogens (tertiary/aromatic N) is 4. The molecule has 0 aliphatic carbocycles. The van der Waals surface area contributed by atoms with Crippen molar-refractivity contribution in [3.63, 3.8) is 0 Å². The van der Waals surface area contributed by atoms with Crippen LogP contribution in [0.1, 0.15) is 17.0 Å². The van der Waals surface area contributed by atoms with Crippen molar-refractivity contribution in [3.05, 3.63) is 65.2 Å². The molecule has 0 atom stereocenters. The van der Waals surface area contributed by atoms with Crippen molar-refractivity contribution in [2.45, 2.75) is 20.3 Å². The lowest BCUT2D eigenvalue weighted by Gasteiger charge is -2.08. The first-order chi connectivity index (χ1) is 11.5. The molecule has 24 heavy (non-hydrogen) atoms. The Hall–Kier alpha value is -2.83. The molecule has 5 nitrogen and oxygen atoms in total. The summed E-state index contributed by atoms with van der Waals surface area (Å²) in [6.07, 6.45) is 3.64. The molecule has 7 heteroatoms. The van der Waals surface area contributed by atoms with Crippen molar-refractivity contribution in [3.8, 4) is 5.82 Å².